The van der Waals surface area contributed by atoms with Gasteiger partial charge in [0.05, 0.1) is 21.7 Å². The summed E-state index contributed by atoms with van der Waals surface area (Å²) in [4.78, 5) is 17.1. The van der Waals surface area contributed by atoms with Crippen molar-refractivity contribution in [1.82, 2.24) is 4.57 Å². The molecular formula is C19H19FN2O4S2. The first-order valence-corrected chi connectivity index (χ1v) is 11.3. The van der Waals surface area contributed by atoms with Crippen molar-refractivity contribution in [3.8, 4) is 0 Å². The first-order valence-electron chi connectivity index (χ1n) is 8.56. The molecule has 0 radical (unpaired) electrons. The summed E-state index contributed by atoms with van der Waals surface area (Å²) in [6.07, 6.45) is 1.07. The van der Waals surface area contributed by atoms with E-state index in [2.05, 4.69) is 4.99 Å². The number of fused-ring (bicyclic) bond motifs is 1. The summed E-state index contributed by atoms with van der Waals surface area (Å²) in [5.74, 6) is -0.999. The van der Waals surface area contributed by atoms with E-state index in [0.29, 0.717) is 34.8 Å². The first-order chi connectivity index (χ1) is 13.3. The highest BCUT2D eigenvalue weighted by Crippen LogP contribution is 2.20. The average molecular weight is 423 g/mol. The van der Waals surface area contributed by atoms with Gasteiger partial charge in [0.25, 0.3) is 5.91 Å². The largest absolute Gasteiger partial charge is 0.380 e. The van der Waals surface area contributed by atoms with Crippen LogP contribution in [0.5, 0.6) is 0 Å². The molecule has 0 aliphatic carbocycles. The fourth-order valence-corrected chi connectivity index (χ4v) is 4.43. The maximum atomic E-state index is 14.4. The minimum Gasteiger partial charge on any atom is -0.380 e. The number of amides is 1. The van der Waals surface area contributed by atoms with Crippen molar-refractivity contribution in [2.24, 2.45) is 4.99 Å². The third-order valence-electron chi connectivity index (χ3n) is 4.02. The molecule has 0 bridgehead atoms. The van der Waals surface area contributed by atoms with Crippen LogP contribution >= 0.6 is 11.3 Å². The summed E-state index contributed by atoms with van der Waals surface area (Å²) in [5, 5.41) is 0. The summed E-state index contributed by atoms with van der Waals surface area (Å²) in [5.41, 5.74) is 0.515. The molecule has 3 rings (SSSR count). The number of carbonyl (C=O) groups excluding carboxylic acids is 1. The normalized spacial score (nSPS) is 12.6. The Kier molecular flexibility index (Phi) is 6.07. The predicted molar refractivity (Wildman–Crippen MR) is 106 cm³/mol. The van der Waals surface area contributed by atoms with Gasteiger partial charge in [-0.15, -0.1) is 0 Å². The van der Waals surface area contributed by atoms with Gasteiger partial charge in [-0.1, -0.05) is 23.5 Å². The predicted octanol–water partition coefficient (Wildman–Crippen LogP) is 3.02. The number of hydrogen-bond acceptors (Lipinski definition) is 5. The fraction of sp³-hybridized carbons (Fsp3) is 0.263. The Labute approximate surface area is 165 Å². The molecule has 0 N–H and O–H groups in total. The van der Waals surface area contributed by atoms with Crippen LogP contribution in [0, 0.1) is 5.82 Å². The highest BCUT2D eigenvalue weighted by Gasteiger charge is 2.14. The highest BCUT2D eigenvalue weighted by atomic mass is 32.2. The van der Waals surface area contributed by atoms with Crippen LogP contribution in [0.25, 0.3) is 10.2 Å². The van der Waals surface area contributed by atoms with Crippen molar-refractivity contribution in [3.05, 3.63) is 58.6 Å². The zero-order valence-electron chi connectivity index (χ0n) is 15.4. The van der Waals surface area contributed by atoms with Gasteiger partial charge in [0.15, 0.2) is 14.6 Å². The molecule has 0 fully saturated rings. The number of para-hydroxylation sites is 1. The molecule has 148 valence electrons. The Balaban J connectivity index is 2.09. The maximum Gasteiger partial charge on any atom is 0.279 e. The third-order valence-corrected chi connectivity index (χ3v) is 6.18. The minimum atomic E-state index is -3.44. The van der Waals surface area contributed by atoms with E-state index in [1.165, 1.54) is 41.7 Å². The van der Waals surface area contributed by atoms with Crippen LogP contribution in [-0.2, 0) is 21.1 Å². The molecule has 1 aromatic heterocycles. The first kappa shape index (κ1) is 20.4. The SMILES string of the molecule is CCOCCn1c(=NC(=O)c2cccc(S(C)(=O)=O)c2)sc2cccc(F)c21. The maximum absolute atomic E-state index is 14.4. The molecule has 9 heteroatoms. The van der Waals surface area contributed by atoms with Gasteiger partial charge in [0.1, 0.15) is 5.82 Å². The zero-order chi connectivity index (χ0) is 20.3. The van der Waals surface area contributed by atoms with Crippen molar-refractivity contribution in [3.63, 3.8) is 0 Å². The number of halogens is 1. The molecular weight excluding hydrogens is 403 g/mol. The van der Waals surface area contributed by atoms with Gasteiger partial charge in [-0.2, -0.15) is 4.99 Å². The molecule has 0 saturated carbocycles. The van der Waals surface area contributed by atoms with E-state index >= 15 is 0 Å². The van der Waals surface area contributed by atoms with Gasteiger partial charge in [0, 0.05) is 25.0 Å². The lowest BCUT2D eigenvalue weighted by atomic mass is 10.2. The van der Waals surface area contributed by atoms with E-state index in [1.807, 2.05) is 6.92 Å². The van der Waals surface area contributed by atoms with E-state index in [1.54, 1.807) is 16.7 Å². The highest BCUT2D eigenvalue weighted by molar-refractivity contribution is 7.90. The van der Waals surface area contributed by atoms with Gasteiger partial charge in [-0.3, -0.25) is 4.79 Å². The molecule has 28 heavy (non-hydrogen) atoms. The quantitative estimate of drug-likeness (QED) is 0.572. The smallest absolute Gasteiger partial charge is 0.279 e. The molecule has 6 nitrogen and oxygen atoms in total. The van der Waals surface area contributed by atoms with E-state index in [0.717, 1.165) is 6.26 Å². The van der Waals surface area contributed by atoms with Crippen LogP contribution in [0.3, 0.4) is 0 Å². The van der Waals surface area contributed by atoms with Crippen LogP contribution < -0.4 is 4.80 Å². The molecule has 0 saturated heterocycles. The Morgan fingerprint density at radius 2 is 2.00 bits per heavy atom. The van der Waals surface area contributed by atoms with Crippen molar-refractivity contribution < 1.29 is 22.3 Å². The summed E-state index contributed by atoms with van der Waals surface area (Å²) >= 11 is 1.19. The number of thiazole rings is 1. The minimum absolute atomic E-state index is 0.0418. The Morgan fingerprint density at radius 3 is 2.71 bits per heavy atom. The number of hydrogen-bond donors (Lipinski definition) is 0. The lowest BCUT2D eigenvalue weighted by Gasteiger charge is -2.06. The van der Waals surface area contributed by atoms with E-state index < -0.39 is 21.6 Å². The van der Waals surface area contributed by atoms with E-state index in [4.69, 9.17) is 4.74 Å². The second kappa shape index (κ2) is 8.34. The van der Waals surface area contributed by atoms with Crippen molar-refractivity contribution >= 4 is 37.3 Å². The topological polar surface area (TPSA) is 77.7 Å². The second-order valence-corrected chi connectivity index (χ2v) is 9.06. The van der Waals surface area contributed by atoms with Gasteiger partial charge >= 0.3 is 0 Å². The Bertz CT molecular complexity index is 1200. The van der Waals surface area contributed by atoms with Crippen molar-refractivity contribution in [1.29, 1.82) is 0 Å². The second-order valence-electron chi connectivity index (χ2n) is 6.04. The standard InChI is InChI=1S/C19H19FN2O4S2/c1-3-26-11-10-22-17-15(20)8-5-9-16(17)27-19(22)21-18(23)13-6-4-7-14(12-13)28(2,24)25/h4-9,12H,3,10-11H2,1-2H3. The molecule has 1 heterocycles. The molecule has 0 unspecified atom stereocenters. The Morgan fingerprint density at radius 1 is 1.25 bits per heavy atom. The van der Waals surface area contributed by atoms with Crippen LogP contribution in [0.1, 0.15) is 17.3 Å². The summed E-state index contributed by atoms with van der Waals surface area (Å²) in [7, 11) is -3.44. The number of benzene rings is 2. The molecule has 0 atom stereocenters. The number of nitrogens with zero attached hydrogens (tertiary/aromatic N) is 2. The van der Waals surface area contributed by atoms with Crippen LogP contribution in [0.2, 0.25) is 0 Å². The summed E-state index contributed by atoms with van der Waals surface area (Å²) in [6.45, 7) is 3.07. The van der Waals surface area contributed by atoms with E-state index in [9.17, 15) is 17.6 Å². The number of sulfone groups is 1. The number of carbonyl (C=O) groups is 1. The molecule has 1 amide bonds. The average Bonchev–Trinajstić information content (AvgIpc) is 3.00. The molecule has 2 aromatic carbocycles. The van der Waals surface area contributed by atoms with Crippen molar-refractivity contribution in [2.75, 3.05) is 19.5 Å². The molecule has 0 aliphatic heterocycles. The molecule has 0 aliphatic rings. The van der Waals surface area contributed by atoms with Crippen LogP contribution in [0.4, 0.5) is 4.39 Å². The summed E-state index contributed by atoms with van der Waals surface area (Å²) in [6, 6.07) is 10.4. The zero-order valence-corrected chi connectivity index (χ0v) is 17.0. The van der Waals surface area contributed by atoms with Gasteiger partial charge in [-0.05, 0) is 37.3 Å². The van der Waals surface area contributed by atoms with Gasteiger partial charge in [-0.25, -0.2) is 12.8 Å². The summed E-state index contributed by atoms with van der Waals surface area (Å²) < 4.78 is 45.4. The van der Waals surface area contributed by atoms with Gasteiger partial charge < -0.3 is 9.30 Å². The number of ether oxygens (including phenoxy) is 1. The lowest BCUT2D eigenvalue weighted by molar-refractivity contribution is 0.0996. The van der Waals surface area contributed by atoms with E-state index in [-0.39, 0.29) is 10.5 Å². The van der Waals surface area contributed by atoms with Crippen LogP contribution in [-0.4, -0.2) is 38.4 Å². The monoisotopic (exact) mass is 422 g/mol. The fourth-order valence-electron chi connectivity index (χ4n) is 2.69. The van der Waals surface area contributed by atoms with Gasteiger partial charge in [0.2, 0.25) is 0 Å². The number of rotatable bonds is 6. The number of aromatic nitrogens is 1. The van der Waals surface area contributed by atoms with Crippen LogP contribution in [0.15, 0.2) is 52.4 Å². The Hall–Kier alpha value is -2.36. The molecule has 3 aromatic rings. The van der Waals surface area contributed by atoms with Crippen molar-refractivity contribution in [2.45, 2.75) is 18.4 Å². The third kappa shape index (κ3) is 4.37. The molecule has 0 spiro atoms. The lowest BCUT2D eigenvalue weighted by Crippen LogP contribution is -2.20.